The van der Waals surface area contributed by atoms with Crippen molar-refractivity contribution in [3.05, 3.63) is 78.4 Å². The van der Waals surface area contributed by atoms with Crippen LogP contribution in [0.5, 0.6) is 0 Å². The van der Waals surface area contributed by atoms with Crippen molar-refractivity contribution in [1.82, 2.24) is 9.97 Å². The predicted molar refractivity (Wildman–Crippen MR) is 96.6 cm³/mol. The lowest BCUT2D eigenvalue weighted by atomic mass is 10.1. The zero-order valence-electron chi connectivity index (χ0n) is 12.7. The molecular formula is C19H14FN3S. The molecule has 24 heavy (non-hydrogen) atoms. The highest BCUT2D eigenvalue weighted by Gasteiger charge is 2.06. The third-order valence-electron chi connectivity index (χ3n) is 3.73. The maximum atomic E-state index is 13.2. The number of fused-ring (bicyclic) bond motifs is 1. The Bertz CT molecular complexity index is 982. The molecule has 0 atom stereocenters. The fourth-order valence-corrected chi connectivity index (χ4v) is 3.39. The number of nitrogens with one attached hydrogen (secondary N) is 1. The van der Waals surface area contributed by atoms with Crippen LogP contribution < -0.4 is 5.32 Å². The molecule has 0 spiro atoms. The van der Waals surface area contributed by atoms with Crippen molar-refractivity contribution < 1.29 is 4.39 Å². The van der Waals surface area contributed by atoms with Crippen molar-refractivity contribution in [3.63, 3.8) is 0 Å². The van der Waals surface area contributed by atoms with Gasteiger partial charge in [0.1, 0.15) is 5.82 Å². The van der Waals surface area contributed by atoms with E-state index in [1.807, 2.05) is 18.2 Å². The summed E-state index contributed by atoms with van der Waals surface area (Å²) >= 11 is 1.60. The summed E-state index contributed by atoms with van der Waals surface area (Å²) in [6.45, 7) is 0.550. The van der Waals surface area contributed by atoms with E-state index < -0.39 is 0 Å². The van der Waals surface area contributed by atoms with E-state index in [0.29, 0.717) is 6.54 Å². The number of halogens is 1. The molecule has 0 amide bonds. The Morgan fingerprint density at radius 2 is 1.83 bits per heavy atom. The van der Waals surface area contributed by atoms with Crippen LogP contribution in [-0.4, -0.2) is 9.97 Å². The van der Waals surface area contributed by atoms with Gasteiger partial charge in [0.15, 0.2) is 5.13 Å². The van der Waals surface area contributed by atoms with Crippen molar-refractivity contribution in [2.45, 2.75) is 6.54 Å². The van der Waals surface area contributed by atoms with E-state index in [0.717, 1.165) is 32.0 Å². The molecule has 0 saturated carbocycles. The van der Waals surface area contributed by atoms with Gasteiger partial charge < -0.3 is 5.32 Å². The first-order chi connectivity index (χ1) is 11.8. The van der Waals surface area contributed by atoms with Crippen LogP contribution in [0.1, 0.15) is 5.56 Å². The van der Waals surface area contributed by atoms with Crippen LogP contribution in [0, 0.1) is 5.82 Å². The minimum absolute atomic E-state index is 0.222. The van der Waals surface area contributed by atoms with Gasteiger partial charge in [-0.1, -0.05) is 29.5 Å². The molecule has 0 aliphatic heterocycles. The van der Waals surface area contributed by atoms with Gasteiger partial charge >= 0.3 is 0 Å². The zero-order valence-corrected chi connectivity index (χ0v) is 13.6. The Morgan fingerprint density at radius 1 is 0.958 bits per heavy atom. The highest BCUT2D eigenvalue weighted by molar-refractivity contribution is 7.22. The molecule has 4 rings (SSSR count). The summed E-state index contributed by atoms with van der Waals surface area (Å²) in [5.41, 5.74) is 4.09. The lowest BCUT2D eigenvalue weighted by Crippen LogP contribution is -1.98. The van der Waals surface area contributed by atoms with Crippen LogP contribution in [0.15, 0.2) is 67.0 Å². The molecule has 0 radical (unpaired) electrons. The second kappa shape index (κ2) is 6.37. The summed E-state index contributed by atoms with van der Waals surface area (Å²) < 4.78 is 14.3. The van der Waals surface area contributed by atoms with Gasteiger partial charge in [-0.05, 0) is 53.1 Å². The third kappa shape index (κ3) is 3.12. The molecule has 118 valence electrons. The molecule has 0 unspecified atom stereocenters. The van der Waals surface area contributed by atoms with Crippen molar-refractivity contribution in [2.75, 3.05) is 5.32 Å². The fourth-order valence-electron chi connectivity index (χ4n) is 2.55. The van der Waals surface area contributed by atoms with E-state index in [1.165, 1.54) is 12.1 Å². The van der Waals surface area contributed by atoms with Gasteiger partial charge in [0.25, 0.3) is 0 Å². The lowest BCUT2D eigenvalue weighted by Gasteiger charge is -2.02. The summed E-state index contributed by atoms with van der Waals surface area (Å²) in [6.07, 6.45) is 3.57. The molecule has 2 aromatic carbocycles. The largest absolute Gasteiger partial charge is 0.357 e. The number of hydrogen-bond acceptors (Lipinski definition) is 4. The highest BCUT2D eigenvalue weighted by Crippen LogP contribution is 2.30. The molecule has 2 aromatic heterocycles. The Balaban J connectivity index is 1.57. The zero-order chi connectivity index (χ0) is 16.4. The molecule has 0 aliphatic rings. The second-order valence-electron chi connectivity index (χ2n) is 5.42. The SMILES string of the molecule is Fc1cccc(CNc2nc3cc(-c4ccncc4)ccc3s2)c1. The van der Waals surface area contributed by atoms with Crippen LogP contribution in [-0.2, 0) is 6.54 Å². The minimum Gasteiger partial charge on any atom is -0.357 e. The standard InChI is InChI=1S/C19H14FN3S/c20-16-3-1-2-13(10-16)12-22-19-23-17-11-15(4-5-18(17)24-19)14-6-8-21-9-7-14/h1-11H,12H2,(H,22,23). The van der Waals surface area contributed by atoms with E-state index in [2.05, 4.69) is 33.5 Å². The van der Waals surface area contributed by atoms with E-state index >= 15 is 0 Å². The maximum absolute atomic E-state index is 13.2. The molecule has 2 heterocycles. The minimum atomic E-state index is -0.222. The fraction of sp³-hybridized carbons (Fsp3) is 0.0526. The Morgan fingerprint density at radius 3 is 2.67 bits per heavy atom. The van der Waals surface area contributed by atoms with Gasteiger partial charge in [0, 0.05) is 18.9 Å². The predicted octanol–water partition coefficient (Wildman–Crippen LogP) is 5.11. The second-order valence-corrected chi connectivity index (χ2v) is 6.45. The maximum Gasteiger partial charge on any atom is 0.184 e. The topological polar surface area (TPSA) is 37.8 Å². The van der Waals surface area contributed by atoms with Crippen LogP contribution in [0.4, 0.5) is 9.52 Å². The summed E-state index contributed by atoms with van der Waals surface area (Å²) in [4.78, 5) is 8.68. The number of nitrogens with zero attached hydrogens (tertiary/aromatic N) is 2. The summed E-state index contributed by atoms with van der Waals surface area (Å²) in [5, 5.41) is 4.10. The number of pyridine rings is 1. The van der Waals surface area contributed by atoms with Crippen molar-refractivity contribution >= 4 is 26.7 Å². The molecule has 0 saturated heterocycles. The van der Waals surface area contributed by atoms with Gasteiger partial charge in [-0.15, -0.1) is 0 Å². The number of rotatable bonds is 4. The van der Waals surface area contributed by atoms with Gasteiger partial charge in [-0.2, -0.15) is 0 Å². The van der Waals surface area contributed by atoms with Gasteiger partial charge in [0.2, 0.25) is 0 Å². The number of hydrogen-bond donors (Lipinski definition) is 1. The number of benzene rings is 2. The van der Waals surface area contributed by atoms with E-state index in [9.17, 15) is 4.39 Å². The number of thiazole rings is 1. The first kappa shape index (κ1) is 14.8. The first-order valence-corrected chi connectivity index (χ1v) is 8.39. The molecular weight excluding hydrogens is 321 g/mol. The van der Waals surface area contributed by atoms with Crippen molar-refractivity contribution in [1.29, 1.82) is 0 Å². The van der Waals surface area contributed by atoms with Gasteiger partial charge in [-0.3, -0.25) is 4.98 Å². The van der Waals surface area contributed by atoms with Crippen molar-refractivity contribution in [2.24, 2.45) is 0 Å². The molecule has 5 heteroatoms. The molecule has 1 N–H and O–H groups in total. The monoisotopic (exact) mass is 335 g/mol. The van der Waals surface area contributed by atoms with E-state index in [1.54, 1.807) is 29.8 Å². The van der Waals surface area contributed by atoms with Crippen LogP contribution in [0.2, 0.25) is 0 Å². The summed E-state index contributed by atoms with van der Waals surface area (Å²) in [6, 6.07) is 16.8. The molecule has 0 bridgehead atoms. The number of aromatic nitrogens is 2. The van der Waals surface area contributed by atoms with Gasteiger partial charge in [0.05, 0.1) is 10.2 Å². The van der Waals surface area contributed by atoms with Crippen molar-refractivity contribution in [3.8, 4) is 11.1 Å². The summed E-state index contributed by atoms with van der Waals surface area (Å²) in [5.74, 6) is -0.222. The van der Waals surface area contributed by atoms with Crippen LogP contribution in [0.25, 0.3) is 21.3 Å². The van der Waals surface area contributed by atoms with E-state index in [-0.39, 0.29) is 5.82 Å². The average molecular weight is 335 g/mol. The molecule has 3 nitrogen and oxygen atoms in total. The smallest absolute Gasteiger partial charge is 0.184 e. The van der Waals surface area contributed by atoms with Crippen LogP contribution >= 0.6 is 11.3 Å². The lowest BCUT2D eigenvalue weighted by molar-refractivity contribution is 0.626. The van der Waals surface area contributed by atoms with Gasteiger partial charge in [-0.25, -0.2) is 9.37 Å². The Labute approximate surface area is 142 Å². The first-order valence-electron chi connectivity index (χ1n) is 7.57. The molecule has 0 aliphatic carbocycles. The Kier molecular flexibility index (Phi) is 3.92. The normalized spacial score (nSPS) is 10.9. The number of anilines is 1. The third-order valence-corrected chi connectivity index (χ3v) is 4.73. The Hall–Kier alpha value is -2.79. The molecule has 4 aromatic rings. The average Bonchev–Trinajstić information content (AvgIpc) is 3.03. The van der Waals surface area contributed by atoms with E-state index in [4.69, 9.17) is 0 Å². The molecule has 0 fully saturated rings. The highest BCUT2D eigenvalue weighted by atomic mass is 32.1. The van der Waals surface area contributed by atoms with Crippen LogP contribution in [0.3, 0.4) is 0 Å². The summed E-state index contributed by atoms with van der Waals surface area (Å²) in [7, 11) is 0. The quantitative estimate of drug-likeness (QED) is 0.563.